The molecule has 144 valence electrons. The van der Waals surface area contributed by atoms with E-state index in [0.717, 1.165) is 5.56 Å². The van der Waals surface area contributed by atoms with E-state index in [2.05, 4.69) is 0 Å². The van der Waals surface area contributed by atoms with E-state index in [1.54, 1.807) is 19.1 Å². The highest BCUT2D eigenvalue weighted by atomic mass is 16.5. The van der Waals surface area contributed by atoms with Gasteiger partial charge in [0.15, 0.2) is 11.5 Å². The van der Waals surface area contributed by atoms with E-state index in [4.69, 9.17) is 24.1 Å². The second-order valence-corrected chi connectivity index (χ2v) is 5.96. The summed E-state index contributed by atoms with van der Waals surface area (Å²) in [5.74, 6) is 0.637. The van der Waals surface area contributed by atoms with Gasteiger partial charge < -0.3 is 29.0 Å². The molecule has 0 bridgehead atoms. The van der Waals surface area contributed by atoms with Crippen molar-refractivity contribution < 1.29 is 33.6 Å². The van der Waals surface area contributed by atoms with Crippen LogP contribution in [0.4, 0.5) is 0 Å². The molecule has 26 heavy (non-hydrogen) atoms. The van der Waals surface area contributed by atoms with Crippen LogP contribution in [-0.4, -0.2) is 69.0 Å². The fourth-order valence-corrected chi connectivity index (χ4v) is 2.95. The van der Waals surface area contributed by atoms with Crippen molar-refractivity contribution in [1.82, 2.24) is 4.90 Å². The molecule has 1 aliphatic heterocycles. The molecule has 1 aromatic carbocycles. The number of nitrogens with zero attached hydrogens (tertiary/aromatic N) is 1. The van der Waals surface area contributed by atoms with Gasteiger partial charge in [-0.25, -0.2) is 0 Å². The molecule has 2 rings (SSSR count). The Morgan fingerprint density at radius 1 is 1.19 bits per heavy atom. The molecular formula is C18H25NO7. The Hall–Kier alpha value is -2.48. The topological polar surface area (TPSA) is 94.5 Å². The normalized spacial score (nSPS) is 16.9. The number of ether oxygens (including phenoxy) is 4. The number of carboxylic acids is 1. The van der Waals surface area contributed by atoms with E-state index in [1.807, 2.05) is 12.1 Å². The minimum absolute atomic E-state index is 0.0301. The number of carbonyl (C=O) groups is 2. The number of morpholine rings is 1. The lowest BCUT2D eigenvalue weighted by Gasteiger charge is -2.32. The number of rotatable bonds is 8. The van der Waals surface area contributed by atoms with Crippen LogP contribution < -0.4 is 14.2 Å². The lowest BCUT2D eigenvalue weighted by molar-refractivity contribution is -0.147. The van der Waals surface area contributed by atoms with Crippen LogP contribution >= 0.6 is 0 Å². The minimum atomic E-state index is -0.929. The molecule has 1 aromatic rings. The average Bonchev–Trinajstić information content (AvgIpc) is 2.64. The first-order valence-corrected chi connectivity index (χ1v) is 8.38. The van der Waals surface area contributed by atoms with Gasteiger partial charge in [0.25, 0.3) is 0 Å². The molecule has 1 fully saturated rings. The molecule has 1 N–H and O–H groups in total. The second-order valence-electron chi connectivity index (χ2n) is 5.96. The third-order valence-corrected chi connectivity index (χ3v) is 4.25. The zero-order valence-corrected chi connectivity index (χ0v) is 15.3. The van der Waals surface area contributed by atoms with Crippen LogP contribution in [0.25, 0.3) is 0 Å². The predicted octanol–water partition coefficient (Wildman–Crippen LogP) is 1.35. The summed E-state index contributed by atoms with van der Waals surface area (Å²) in [5.41, 5.74) is 0.892. The van der Waals surface area contributed by atoms with Crippen LogP contribution in [0.2, 0.25) is 0 Å². The van der Waals surface area contributed by atoms with E-state index >= 15 is 0 Å². The summed E-state index contributed by atoms with van der Waals surface area (Å²) in [6.07, 6.45) is 0.261. The summed E-state index contributed by atoms with van der Waals surface area (Å²) >= 11 is 0. The van der Waals surface area contributed by atoms with Gasteiger partial charge in [0.2, 0.25) is 11.7 Å². The van der Waals surface area contributed by atoms with Gasteiger partial charge >= 0.3 is 5.97 Å². The first-order valence-electron chi connectivity index (χ1n) is 8.38. The highest BCUT2D eigenvalue weighted by Crippen LogP contribution is 2.38. The molecule has 0 radical (unpaired) electrons. The molecule has 0 aromatic heterocycles. The Balaban J connectivity index is 1.99. The van der Waals surface area contributed by atoms with Crippen LogP contribution in [0, 0.1) is 0 Å². The van der Waals surface area contributed by atoms with Crippen molar-refractivity contribution in [2.75, 3.05) is 41.0 Å². The number of aliphatic carboxylic acids is 1. The van der Waals surface area contributed by atoms with Crippen LogP contribution in [0.3, 0.4) is 0 Å². The number of amides is 1. The Morgan fingerprint density at radius 3 is 2.38 bits per heavy atom. The first kappa shape index (κ1) is 19.8. The molecule has 8 nitrogen and oxygen atoms in total. The van der Waals surface area contributed by atoms with Gasteiger partial charge in [-0.3, -0.25) is 9.59 Å². The minimum Gasteiger partial charge on any atom is -0.493 e. The maximum Gasteiger partial charge on any atom is 0.306 e. The number of hydrogen-bond donors (Lipinski definition) is 1. The summed E-state index contributed by atoms with van der Waals surface area (Å²) in [7, 11) is 4.63. The van der Waals surface area contributed by atoms with E-state index < -0.39 is 12.1 Å². The number of benzene rings is 1. The summed E-state index contributed by atoms with van der Waals surface area (Å²) in [6, 6.07) is 3.64. The first-order chi connectivity index (χ1) is 12.5. The van der Waals surface area contributed by atoms with Gasteiger partial charge in [0.05, 0.1) is 40.5 Å². The Kier molecular flexibility index (Phi) is 7.08. The van der Waals surface area contributed by atoms with Crippen molar-refractivity contribution in [2.24, 2.45) is 0 Å². The lowest BCUT2D eigenvalue weighted by atomic mass is 10.1. The third kappa shape index (κ3) is 5.01. The summed E-state index contributed by atoms with van der Waals surface area (Å²) in [4.78, 5) is 24.9. The van der Waals surface area contributed by atoms with Crippen molar-refractivity contribution in [2.45, 2.75) is 25.4 Å². The van der Waals surface area contributed by atoms with E-state index in [0.29, 0.717) is 49.8 Å². The zero-order valence-electron chi connectivity index (χ0n) is 15.3. The number of carbonyl (C=O) groups excluding carboxylic acids is 1. The van der Waals surface area contributed by atoms with Crippen molar-refractivity contribution in [3.8, 4) is 17.2 Å². The molecule has 0 aliphatic carbocycles. The smallest absolute Gasteiger partial charge is 0.306 e. The molecule has 1 atom stereocenters. The number of methoxy groups -OCH3 is 3. The van der Waals surface area contributed by atoms with Crippen molar-refractivity contribution in [1.29, 1.82) is 0 Å². The molecule has 0 saturated carbocycles. The largest absolute Gasteiger partial charge is 0.493 e. The summed E-state index contributed by atoms with van der Waals surface area (Å²) in [6.45, 7) is 1.14. The SMILES string of the molecule is COc1cc(CCC(=O)N2CCOC(CC(=O)O)C2)cc(OC)c1OC. The molecule has 8 heteroatoms. The van der Waals surface area contributed by atoms with Gasteiger partial charge in [0.1, 0.15) is 0 Å². The van der Waals surface area contributed by atoms with E-state index in [-0.39, 0.29) is 12.3 Å². The van der Waals surface area contributed by atoms with Crippen molar-refractivity contribution in [3.63, 3.8) is 0 Å². The Bertz CT molecular complexity index is 621. The Labute approximate surface area is 152 Å². The van der Waals surface area contributed by atoms with E-state index in [9.17, 15) is 9.59 Å². The molecule has 1 aliphatic rings. The van der Waals surface area contributed by atoms with Crippen LogP contribution in [-0.2, 0) is 20.7 Å². The standard InChI is InChI=1S/C18H25NO7/c1-23-14-8-12(9-15(24-2)18(14)25-3)4-5-16(20)19-6-7-26-13(11-19)10-17(21)22/h8-9,13H,4-7,10-11H2,1-3H3,(H,21,22). The third-order valence-electron chi connectivity index (χ3n) is 4.25. The molecule has 0 spiro atoms. The number of carboxylic acid groups (broad SMARTS) is 1. The van der Waals surface area contributed by atoms with Gasteiger partial charge in [-0.15, -0.1) is 0 Å². The molecule has 1 heterocycles. The number of hydrogen-bond acceptors (Lipinski definition) is 6. The Morgan fingerprint density at radius 2 is 1.85 bits per heavy atom. The molecule has 1 amide bonds. The predicted molar refractivity (Wildman–Crippen MR) is 93.0 cm³/mol. The molecule has 1 unspecified atom stereocenters. The van der Waals surface area contributed by atoms with Crippen LogP contribution in [0.5, 0.6) is 17.2 Å². The summed E-state index contributed by atoms with van der Waals surface area (Å²) in [5, 5.41) is 8.87. The fourth-order valence-electron chi connectivity index (χ4n) is 2.95. The highest BCUT2D eigenvalue weighted by molar-refractivity contribution is 5.77. The summed E-state index contributed by atoms with van der Waals surface area (Å²) < 4.78 is 21.3. The maximum atomic E-state index is 12.5. The molecular weight excluding hydrogens is 342 g/mol. The average molecular weight is 367 g/mol. The lowest BCUT2D eigenvalue weighted by Crippen LogP contribution is -2.46. The van der Waals surface area contributed by atoms with Crippen molar-refractivity contribution >= 4 is 11.9 Å². The monoisotopic (exact) mass is 367 g/mol. The second kappa shape index (κ2) is 9.28. The fraction of sp³-hybridized carbons (Fsp3) is 0.556. The van der Waals surface area contributed by atoms with Gasteiger partial charge in [-0.1, -0.05) is 0 Å². The van der Waals surface area contributed by atoms with Gasteiger partial charge in [-0.2, -0.15) is 0 Å². The van der Waals surface area contributed by atoms with Crippen molar-refractivity contribution in [3.05, 3.63) is 17.7 Å². The molecule has 1 saturated heterocycles. The number of aryl methyl sites for hydroxylation is 1. The van der Waals surface area contributed by atoms with Gasteiger partial charge in [0, 0.05) is 19.5 Å². The van der Waals surface area contributed by atoms with Crippen LogP contribution in [0.15, 0.2) is 12.1 Å². The quantitative estimate of drug-likeness (QED) is 0.741. The maximum absolute atomic E-state index is 12.5. The van der Waals surface area contributed by atoms with E-state index in [1.165, 1.54) is 7.11 Å². The van der Waals surface area contributed by atoms with Crippen LogP contribution in [0.1, 0.15) is 18.4 Å². The van der Waals surface area contributed by atoms with Gasteiger partial charge in [-0.05, 0) is 24.1 Å². The highest BCUT2D eigenvalue weighted by Gasteiger charge is 2.25. The zero-order chi connectivity index (χ0) is 19.1.